The molecule has 2 heterocycles. The molecule has 90 valence electrons. The highest BCUT2D eigenvalue weighted by Gasteiger charge is 2.31. The number of hydrogen-bond donors (Lipinski definition) is 1. The van der Waals surface area contributed by atoms with Crippen LogP contribution in [0.15, 0.2) is 12.1 Å². The number of imide groups is 1. The maximum absolute atomic E-state index is 11.8. The molecule has 6 nitrogen and oxygen atoms in total. The summed E-state index contributed by atoms with van der Waals surface area (Å²) in [6.45, 7) is 1.84. The lowest BCUT2D eigenvalue weighted by molar-refractivity contribution is -0.146. The van der Waals surface area contributed by atoms with Crippen LogP contribution < -0.4 is 5.32 Å². The number of hydrogen-bond acceptors (Lipinski definition) is 5. The number of likely N-dealkylation sites (N-methyl/N-ethyl adjacent to an activating group) is 1. The largest absolute Gasteiger partial charge is 0.357 e. The Balaban J connectivity index is 2.06. The van der Waals surface area contributed by atoms with Gasteiger partial charge in [-0.1, -0.05) is 0 Å². The smallest absolute Gasteiger partial charge is 0.251 e. The van der Waals surface area contributed by atoms with Crippen LogP contribution in [0.1, 0.15) is 18.5 Å². The topological polar surface area (TPSA) is 75.2 Å². The average Bonchev–Trinajstić information content (AvgIpc) is 2.33. The van der Waals surface area contributed by atoms with Crippen molar-refractivity contribution in [2.24, 2.45) is 0 Å². The molecule has 17 heavy (non-hydrogen) atoms. The van der Waals surface area contributed by atoms with Gasteiger partial charge in [-0.25, -0.2) is 0 Å². The molecule has 1 aliphatic heterocycles. The van der Waals surface area contributed by atoms with Crippen molar-refractivity contribution in [3.63, 3.8) is 0 Å². The molecule has 0 radical (unpaired) electrons. The van der Waals surface area contributed by atoms with Crippen LogP contribution in [0.4, 0.5) is 5.82 Å². The Kier molecular flexibility index (Phi) is 3.03. The number of aromatic nitrogens is 2. The van der Waals surface area contributed by atoms with E-state index in [-0.39, 0.29) is 11.8 Å². The van der Waals surface area contributed by atoms with Crippen LogP contribution in [0.5, 0.6) is 0 Å². The summed E-state index contributed by atoms with van der Waals surface area (Å²) in [6, 6.07) is 3.19. The van der Waals surface area contributed by atoms with Crippen molar-refractivity contribution >= 4 is 17.6 Å². The molecular formula is C11H14N4O2. The van der Waals surface area contributed by atoms with Crippen LogP contribution in [-0.4, -0.2) is 40.0 Å². The fourth-order valence-corrected chi connectivity index (χ4v) is 1.70. The highest BCUT2D eigenvalue weighted by atomic mass is 16.2. The molecule has 0 spiro atoms. The first-order valence-electron chi connectivity index (χ1n) is 5.45. The molecule has 0 aliphatic carbocycles. The third-order valence-corrected chi connectivity index (χ3v) is 2.77. The number of carbonyl (C=O) groups is 2. The molecule has 0 aromatic carbocycles. The fourth-order valence-electron chi connectivity index (χ4n) is 1.70. The number of carbonyl (C=O) groups excluding carboxylic acids is 2. The van der Waals surface area contributed by atoms with Gasteiger partial charge in [-0.05, 0) is 25.5 Å². The second kappa shape index (κ2) is 4.48. The summed E-state index contributed by atoms with van der Waals surface area (Å²) >= 11 is 0. The Morgan fingerprint density at radius 1 is 1.35 bits per heavy atom. The van der Waals surface area contributed by atoms with E-state index in [1.54, 1.807) is 6.07 Å². The van der Waals surface area contributed by atoms with E-state index in [0.29, 0.717) is 18.7 Å². The van der Waals surface area contributed by atoms with Crippen molar-refractivity contribution in [1.82, 2.24) is 15.1 Å². The van der Waals surface area contributed by atoms with Crippen molar-refractivity contribution < 1.29 is 9.59 Å². The maximum atomic E-state index is 11.8. The first kappa shape index (κ1) is 11.5. The highest BCUT2D eigenvalue weighted by Crippen LogP contribution is 2.15. The van der Waals surface area contributed by atoms with Gasteiger partial charge in [0.1, 0.15) is 11.9 Å². The summed E-state index contributed by atoms with van der Waals surface area (Å²) < 4.78 is 0. The SMILES string of the molecule is Cc1ccc(NC2CCC(=O)N(C)C2=O)nn1. The van der Waals surface area contributed by atoms with E-state index in [1.165, 1.54) is 7.05 Å². The van der Waals surface area contributed by atoms with E-state index in [9.17, 15) is 9.59 Å². The van der Waals surface area contributed by atoms with Gasteiger partial charge in [-0.2, -0.15) is 5.10 Å². The summed E-state index contributed by atoms with van der Waals surface area (Å²) in [5.41, 5.74) is 0.817. The van der Waals surface area contributed by atoms with Crippen LogP contribution in [0, 0.1) is 6.92 Å². The Morgan fingerprint density at radius 2 is 2.12 bits per heavy atom. The predicted octanol–water partition coefficient (Wildman–Crippen LogP) is 0.344. The van der Waals surface area contributed by atoms with Crippen molar-refractivity contribution in [3.8, 4) is 0 Å². The van der Waals surface area contributed by atoms with Gasteiger partial charge >= 0.3 is 0 Å². The van der Waals surface area contributed by atoms with E-state index in [1.807, 2.05) is 13.0 Å². The van der Waals surface area contributed by atoms with Gasteiger partial charge in [-0.3, -0.25) is 14.5 Å². The molecule has 1 atom stereocenters. The van der Waals surface area contributed by atoms with Crippen molar-refractivity contribution in [1.29, 1.82) is 0 Å². The Hall–Kier alpha value is -1.98. The van der Waals surface area contributed by atoms with Gasteiger partial charge in [0.2, 0.25) is 5.91 Å². The number of rotatable bonds is 2. The summed E-state index contributed by atoms with van der Waals surface area (Å²) in [4.78, 5) is 24.3. The fraction of sp³-hybridized carbons (Fsp3) is 0.455. The number of anilines is 1. The number of nitrogens with zero attached hydrogens (tertiary/aromatic N) is 3. The standard InChI is InChI=1S/C11H14N4O2/c1-7-3-5-9(14-13-7)12-8-4-6-10(16)15(2)11(8)17/h3,5,8H,4,6H2,1-2H3,(H,12,14). The molecular weight excluding hydrogens is 220 g/mol. The Morgan fingerprint density at radius 3 is 2.76 bits per heavy atom. The minimum Gasteiger partial charge on any atom is -0.357 e. The van der Waals surface area contributed by atoms with E-state index in [2.05, 4.69) is 15.5 Å². The van der Waals surface area contributed by atoms with Gasteiger partial charge in [0, 0.05) is 13.5 Å². The number of piperidine rings is 1. The molecule has 0 saturated carbocycles. The third kappa shape index (κ3) is 2.41. The molecule has 1 aromatic heterocycles. The molecule has 1 fully saturated rings. The molecule has 1 aromatic rings. The van der Waals surface area contributed by atoms with E-state index >= 15 is 0 Å². The van der Waals surface area contributed by atoms with Gasteiger partial charge < -0.3 is 5.32 Å². The third-order valence-electron chi connectivity index (χ3n) is 2.77. The van der Waals surface area contributed by atoms with Crippen LogP contribution in [0.3, 0.4) is 0 Å². The normalized spacial score (nSPS) is 20.6. The van der Waals surface area contributed by atoms with Crippen LogP contribution in [-0.2, 0) is 9.59 Å². The molecule has 2 amide bonds. The van der Waals surface area contributed by atoms with Gasteiger partial charge in [0.05, 0.1) is 5.69 Å². The Labute approximate surface area is 99.0 Å². The van der Waals surface area contributed by atoms with Gasteiger partial charge in [0.15, 0.2) is 0 Å². The number of likely N-dealkylation sites (tertiary alicyclic amines) is 1. The highest BCUT2D eigenvalue weighted by molar-refractivity contribution is 6.01. The first-order chi connectivity index (χ1) is 8.08. The number of nitrogens with one attached hydrogen (secondary N) is 1. The monoisotopic (exact) mass is 234 g/mol. The zero-order chi connectivity index (χ0) is 12.4. The summed E-state index contributed by atoms with van der Waals surface area (Å²) in [5, 5.41) is 10.8. The van der Waals surface area contributed by atoms with Crippen LogP contribution in [0.25, 0.3) is 0 Å². The van der Waals surface area contributed by atoms with Crippen LogP contribution >= 0.6 is 0 Å². The van der Waals surface area contributed by atoms with Crippen molar-refractivity contribution in [2.75, 3.05) is 12.4 Å². The zero-order valence-electron chi connectivity index (χ0n) is 9.80. The molecule has 1 saturated heterocycles. The van der Waals surface area contributed by atoms with Crippen molar-refractivity contribution in [2.45, 2.75) is 25.8 Å². The second-order valence-electron chi connectivity index (χ2n) is 4.09. The summed E-state index contributed by atoms with van der Waals surface area (Å²) in [6.07, 6.45) is 0.872. The molecule has 0 bridgehead atoms. The van der Waals surface area contributed by atoms with E-state index < -0.39 is 6.04 Å². The minimum absolute atomic E-state index is 0.136. The molecule has 6 heteroatoms. The van der Waals surface area contributed by atoms with Crippen molar-refractivity contribution in [3.05, 3.63) is 17.8 Å². The predicted molar refractivity (Wildman–Crippen MR) is 61.2 cm³/mol. The number of amides is 2. The molecule has 2 rings (SSSR count). The summed E-state index contributed by atoms with van der Waals surface area (Å²) in [5.74, 6) is 0.198. The van der Waals surface area contributed by atoms with E-state index in [4.69, 9.17) is 0 Å². The van der Waals surface area contributed by atoms with Gasteiger partial charge in [0.25, 0.3) is 5.91 Å². The minimum atomic E-state index is -0.394. The molecule has 1 unspecified atom stereocenters. The number of aryl methyl sites for hydroxylation is 1. The lowest BCUT2D eigenvalue weighted by Gasteiger charge is -2.28. The quantitative estimate of drug-likeness (QED) is 0.747. The first-order valence-corrected chi connectivity index (χ1v) is 5.45. The lowest BCUT2D eigenvalue weighted by Crippen LogP contribution is -2.48. The second-order valence-corrected chi connectivity index (χ2v) is 4.09. The van der Waals surface area contributed by atoms with Gasteiger partial charge in [-0.15, -0.1) is 5.10 Å². The van der Waals surface area contributed by atoms with E-state index in [0.717, 1.165) is 10.6 Å². The summed E-state index contributed by atoms with van der Waals surface area (Å²) in [7, 11) is 1.50. The Bertz CT molecular complexity index is 443. The maximum Gasteiger partial charge on any atom is 0.251 e. The van der Waals surface area contributed by atoms with Crippen LogP contribution in [0.2, 0.25) is 0 Å². The lowest BCUT2D eigenvalue weighted by atomic mass is 10.0. The average molecular weight is 234 g/mol. The molecule has 1 aliphatic rings. The molecule has 1 N–H and O–H groups in total. The zero-order valence-corrected chi connectivity index (χ0v) is 9.80.